The van der Waals surface area contributed by atoms with Crippen molar-refractivity contribution >= 4 is 17.5 Å². The molecule has 0 aliphatic rings. The van der Waals surface area contributed by atoms with Crippen LogP contribution < -0.4 is 10.3 Å². The van der Waals surface area contributed by atoms with Crippen LogP contribution in [0.2, 0.25) is 0 Å². The maximum atomic E-state index is 11.3. The van der Waals surface area contributed by atoms with Crippen molar-refractivity contribution < 1.29 is 18.4 Å². The number of quaternary nitrogens is 1. The van der Waals surface area contributed by atoms with Crippen LogP contribution in [0.1, 0.15) is 26.5 Å². The first-order chi connectivity index (χ1) is 10.4. The lowest BCUT2D eigenvalue weighted by atomic mass is 10.2. The van der Waals surface area contributed by atoms with Crippen LogP contribution in [0, 0.1) is 0 Å². The topological polar surface area (TPSA) is 69.7 Å². The van der Waals surface area contributed by atoms with Crippen molar-refractivity contribution in [2.75, 3.05) is 14.1 Å². The number of carbonyl (C=O) groups excluding carboxylic acids is 1. The molecule has 6 nitrogen and oxygen atoms in total. The molecule has 0 unspecified atom stereocenters. The minimum absolute atomic E-state index is 0.134. The summed E-state index contributed by atoms with van der Waals surface area (Å²) in [6.07, 6.45) is 0. The first-order valence-corrected chi connectivity index (χ1v) is 7.07. The number of nitrogens with zero attached hydrogens (tertiary/aromatic N) is 1. The fraction of sp³-hybridized carbons (Fsp3) is 0.375. The summed E-state index contributed by atoms with van der Waals surface area (Å²) in [5.74, 6) is -0.754. The van der Waals surface area contributed by atoms with Gasteiger partial charge in [0.05, 0.1) is 14.1 Å². The van der Waals surface area contributed by atoms with Gasteiger partial charge in [-0.25, -0.2) is 9.28 Å². The van der Waals surface area contributed by atoms with Gasteiger partial charge < -0.3 is 13.6 Å². The Morgan fingerprint density at radius 3 is 2.27 bits per heavy atom. The number of rotatable bonds is 4. The van der Waals surface area contributed by atoms with E-state index < -0.39 is 11.8 Å². The Morgan fingerprint density at radius 1 is 1.14 bits per heavy atom. The molecule has 1 aromatic carbocycles. The molecule has 0 bridgehead atoms. The Labute approximate surface area is 129 Å². The van der Waals surface area contributed by atoms with Gasteiger partial charge in [-0.1, -0.05) is 32.0 Å². The molecule has 0 aliphatic heterocycles. The van der Waals surface area contributed by atoms with Crippen LogP contribution in [0.15, 0.2) is 44.0 Å². The van der Waals surface area contributed by atoms with Crippen molar-refractivity contribution in [2.24, 2.45) is 0 Å². The molecule has 0 aliphatic carbocycles. The molecular formula is C16H22NO5+. The zero-order chi connectivity index (χ0) is 16.8. The summed E-state index contributed by atoms with van der Waals surface area (Å²) in [7, 11) is 3.70. The lowest BCUT2D eigenvalue weighted by Gasteiger charge is -2.25. The average Bonchev–Trinajstić information content (AvgIpc) is 2.90. The molecule has 120 valence electrons. The highest BCUT2D eigenvalue weighted by atomic mass is 16.6. The van der Waals surface area contributed by atoms with E-state index in [0.717, 1.165) is 5.69 Å². The number of benzene rings is 1. The van der Waals surface area contributed by atoms with Gasteiger partial charge in [0.2, 0.25) is 5.76 Å². The third-order valence-electron chi connectivity index (χ3n) is 2.94. The maximum Gasteiger partial charge on any atom is 0.523 e. The number of ether oxygens (including phenoxy) is 1. The fourth-order valence-electron chi connectivity index (χ4n) is 1.90. The SMILES string of the molecule is CC.CC(=O)OCc1oc(=O)oc1[N+](C)(C)c1ccccc1. The molecule has 0 fully saturated rings. The third kappa shape index (κ3) is 4.08. The second-order valence-corrected chi connectivity index (χ2v) is 4.75. The summed E-state index contributed by atoms with van der Waals surface area (Å²) in [6.45, 7) is 5.15. The molecule has 22 heavy (non-hydrogen) atoms. The molecule has 0 saturated heterocycles. The average molecular weight is 308 g/mol. The molecule has 6 heteroatoms. The highest BCUT2D eigenvalue weighted by Crippen LogP contribution is 2.32. The summed E-state index contributed by atoms with van der Waals surface area (Å²) >= 11 is 0. The molecule has 0 radical (unpaired) electrons. The van der Waals surface area contributed by atoms with Gasteiger partial charge in [0, 0.05) is 6.92 Å². The Balaban J connectivity index is 0.00000116. The number of carbonyl (C=O) groups is 1. The number of para-hydroxylation sites is 1. The Kier molecular flexibility index (Phi) is 6.12. The summed E-state index contributed by atoms with van der Waals surface area (Å²) in [4.78, 5) is 22.2. The van der Waals surface area contributed by atoms with E-state index in [2.05, 4.69) is 0 Å². The monoisotopic (exact) mass is 308 g/mol. The van der Waals surface area contributed by atoms with E-state index in [1.165, 1.54) is 6.92 Å². The summed E-state index contributed by atoms with van der Waals surface area (Å²) in [5, 5.41) is 0. The highest BCUT2D eigenvalue weighted by molar-refractivity contribution is 5.66. The van der Waals surface area contributed by atoms with E-state index in [-0.39, 0.29) is 16.9 Å². The van der Waals surface area contributed by atoms with Crippen LogP contribution in [-0.4, -0.2) is 20.1 Å². The lowest BCUT2D eigenvalue weighted by molar-refractivity contribution is -0.142. The third-order valence-corrected chi connectivity index (χ3v) is 2.94. The molecule has 0 atom stereocenters. The van der Waals surface area contributed by atoms with Gasteiger partial charge >= 0.3 is 17.7 Å². The predicted molar refractivity (Wildman–Crippen MR) is 83.8 cm³/mol. The minimum atomic E-state index is -0.815. The smallest absolute Gasteiger partial charge is 0.457 e. The molecule has 0 spiro atoms. The number of hydrogen-bond donors (Lipinski definition) is 0. The predicted octanol–water partition coefficient (Wildman–Crippen LogP) is 3.22. The molecule has 0 N–H and O–H groups in total. The summed E-state index contributed by atoms with van der Waals surface area (Å²) in [6, 6.07) is 9.48. The van der Waals surface area contributed by atoms with Crippen LogP contribution in [0.5, 0.6) is 0 Å². The molecule has 2 aromatic rings. The molecule has 0 saturated carbocycles. The quantitative estimate of drug-likeness (QED) is 0.640. The highest BCUT2D eigenvalue weighted by Gasteiger charge is 2.33. The molecular weight excluding hydrogens is 286 g/mol. The molecule has 1 heterocycles. The molecule has 2 rings (SSSR count). The van der Waals surface area contributed by atoms with Crippen LogP contribution in [-0.2, 0) is 16.1 Å². The molecule has 0 amide bonds. The lowest BCUT2D eigenvalue weighted by Crippen LogP contribution is -2.34. The van der Waals surface area contributed by atoms with Crippen molar-refractivity contribution in [2.45, 2.75) is 27.4 Å². The van der Waals surface area contributed by atoms with Gasteiger partial charge in [0.1, 0.15) is 5.69 Å². The first-order valence-electron chi connectivity index (χ1n) is 7.07. The van der Waals surface area contributed by atoms with E-state index >= 15 is 0 Å². The Bertz CT molecular complexity index is 655. The van der Waals surface area contributed by atoms with Crippen molar-refractivity contribution in [3.63, 3.8) is 0 Å². The van der Waals surface area contributed by atoms with Crippen molar-refractivity contribution in [1.82, 2.24) is 4.48 Å². The summed E-state index contributed by atoms with van der Waals surface area (Å²) in [5.41, 5.74) is 0.904. The summed E-state index contributed by atoms with van der Waals surface area (Å²) < 4.78 is 15.1. The van der Waals surface area contributed by atoms with E-state index in [9.17, 15) is 9.59 Å². The zero-order valence-electron chi connectivity index (χ0n) is 13.6. The molecule has 1 aromatic heterocycles. The fourth-order valence-corrected chi connectivity index (χ4v) is 1.90. The first kappa shape index (κ1) is 17.7. The second-order valence-electron chi connectivity index (χ2n) is 4.75. The number of esters is 1. The van der Waals surface area contributed by atoms with E-state index in [1.54, 1.807) is 0 Å². The van der Waals surface area contributed by atoms with E-state index in [4.69, 9.17) is 13.6 Å². The van der Waals surface area contributed by atoms with Gasteiger partial charge in [0.25, 0.3) is 0 Å². The van der Waals surface area contributed by atoms with Crippen LogP contribution in [0.25, 0.3) is 0 Å². The van der Waals surface area contributed by atoms with Crippen LogP contribution in [0.3, 0.4) is 0 Å². The number of hydrogen-bond acceptors (Lipinski definition) is 5. The van der Waals surface area contributed by atoms with Crippen molar-refractivity contribution in [3.8, 4) is 0 Å². The van der Waals surface area contributed by atoms with Gasteiger partial charge in [-0.05, 0) is 12.1 Å². The zero-order valence-corrected chi connectivity index (χ0v) is 13.6. The van der Waals surface area contributed by atoms with Crippen molar-refractivity contribution in [3.05, 3.63) is 46.7 Å². The largest absolute Gasteiger partial charge is 0.523 e. The van der Waals surface area contributed by atoms with Crippen molar-refractivity contribution in [1.29, 1.82) is 0 Å². The normalized spacial score (nSPS) is 10.6. The minimum Gasteiger partial charge on any atom is -0.457 e. The Morgan fingerprint density at radius 2 is 1.73 bits per heavy atom. The Hall–Kier alpha value is -2.34. The standard InChI is InChI=1S/C14H16NO5.C2H6/c1-10(16)18-9-12-13(20-14(17)19-12)15(2,3)11-7-5-4-6-8-11;1-2/h4-8H,9H2,1-3H3;1-2H3/q+1;. The van der Waals surface area contributed by atoms with E-state index in [0.29, 0.717) is 5.88 Å². The van der Waals surface area contributed by atoms with Gasteiger partial charge in [-0.15, -0.1) is 0 Å². The van der Waals surface area contributed by atoms with Crippen LogP contribution >= 0.6 is 0 Å². The maximum absolute atomic E-state index is 11.3. The van der Waals surface area contributed by atoms with Gasteiger partial charge in [-0.3, -0.25) is 4.79 Å². The van der Waals surface area contributed by atoms with Gasteiger partial charge in [-0.2, -0.15) is 0 Å². The van der Waals surface area contributed by atoms with Gasteiger partial charge in [0.15, 0.2) is 6.61 Å². The van der Waals surface area contributed by atoms with Crippen LogP contribution in [0.4, 0.5) is 11.6 Å². The van der Waals surface area contributed by atoms with E-state index in [1.807, 2.05) is 58.3 Å². The second kappa shape index (κ2) is 7.61.